The molecule has 0 aromatic rings. The lowest BCUT2D eigenvalue weighted by Gasteiger charge is -2.18. The van der Waals surface area contributed by atoms with Gasteiger partial charge in [0.2, 0.25) is 0 Å². The number of unbranched alkanes of at least 4 members (excludes halogenated alkanes) is 38. The molecule has 1 atom stereocenters. The van der Waals surface area contributed by atoms with E-state index in [1.54, 1.807) is 0 Å². The summed E-state index contributed by atoms with van der Waals surface area (Å²) >= 11 is 0. The van der Waals surface area contributed by atoms with Crippen molar-refractivity contribution < 1.29 is 23.8 Å². The second-order valence-electron chi connectivity index (χ2n) is 21.3. The van der Waals surface area contributed by atoms with Gasteiger partial charge in [-0.25, -0.2) is 0 Å². The Balaban J connectivity index is 4.28. The molecule has 0 aromatic heterocycles. The van der Waals surface area contributed by atoms with Crippen LogP contribution in [0.5, 0.6) is 0 Å². The molecule has 0 amide bonds. The van der Waals surface area contributed by atoms with Gasteiger partial charge >= 0.3 is 11.9 Å². The first kappa shape index (κ1) is 69.6. The van der Waals surface area contributed by atoms with Gasteiger partial charge in [0.1, 0.15) is 6.61 Å². The van der Waals surface area contributed by atoms with E-state index in [0.29, 0.717) is 19.4 Å². The summed E-state index contributed by atoms with van der Waals surface area (Å²) in [6, 6.07) is 0. The third-order valence-corrected chi connectivity index (χ3v) is 14.0. The quantitative estimate of drug-likeness (QED) is 0.0345. The van der Waals surface area contributed by atoms with Crippen molar-refractivity contribution in [1.29, 1.82) is 0 Å². The molecule has 5 nitrogen and oxygen atoms in total. The molecule has 0 N–H and O–H groups in total. The summed E-state index contributed by atoms with van der Waals surface area (Å²) in [4.78, 5) is 25.6. The monoisotopic (exact) mass is 1010 g/mol. The molecular weight excluding hydrogens is 885 g/mol. The molecule has 1 unspecified atom stereocenters. The first-order valence-corrected chi connectivity index (χ1v) is 31.8. The molecule has 0 rings (SSSR count). The van der Waals surface area contributed by atoms with Crippen LogP contribution in [-0.2, 0) is 23.8 Å². The maximum absolute atomic E-state index is 12.9. The van der Waals surface area contributed by atoms with Crippen LogP contribution in [0.2, 0.25) is 0 Å². The van der Waals surface area contributed by atoms with Crippen LogP contribution in [0.1, 0.15) is 329 Å². The second kappa shape index (κ2) is 62.9. The molecule has 0 saturated carbocycles. The largest absolute Gasteiger partial charge is 0.462 e. The van der Waals surface area contributed by atoms with E-state index in [0.717, 1.165) is 64.2 Å². The van der Waals surface area contributed by atoms with E-state index in [-0.39, 0.29) is 25.2 Å². The van der Waals surface area contributed by atoms with Crippen LogP contribution in [0.15, 0.2) is 60.8 Å². The van der Waals surface area contributed by atoms with Crippen LogP contribution in [0.25, 0.3) is 0 Å². The fourth-order valence-electron chi connectivity index (χ4n) is 9.26. The molecule has 0 saturated heterocycles. The summed E-state index contributed by atoms with van der Waals surface area (Å²) in [5, 5.41) is 0. The van der Waals surface area contributed by atoms with E-state index >= 15 is 0 Å². The lowest BCUT2D eigenvalue weighted by Crippen LogP contribution is -2.30. The SMILES string of the molecule is CCCCC/C=C\C/C=C\C/C=C\CCCCCCCCCOCC(COC(=O)CCCCCCCCCCCCCCCCCCCCC)OC(=O)CCCCCCCCC/C=C\C/C=C\CCCCC. The summed E-state index contributed by atoms with van der Waals surface area (Å²) < 4.78 is 17.5. The maximum atomic E-state index is 12.9. The van der Waals surface area contributed by atoms with Crippen molar-refractivity contribution in [2.45, 2.75) is 335 Å². The minimum Gasteiger partial charge on any atom is -0.462 e. The molecule has 420 valence electrons. The summed E-state index contributed by atoms with van der Waals surface area (Å²) in [6.07, 6.45) is 81.1. The lowest BCUT2D eigenvalue weighted by atomic mass is 10.0. The Kier molecular flexibility index (Phi) is 60.8. The smallest absolute Gasteiger partial charge is 0.306 e. The van der Waals surface area contributed by atoms with Crippen LogP contribution in [0.3, 0.4) is 0 Å². The van der Waals surface area contributed by atoms with Crippen LogP contribution in [0, 0.1) is 0 Å². The zero-order valence-electron chi connectivity index (χ0n) is 48.5. The zero-order valence-corrected chi connectivity index (χ0v) is 48.5. The van der Waals surface area contributed by atoms with Crippen molar-refractivity contribution in [3.63, 3.8) is 0 Å². The van der Waals surface area contributed by atoms with Crippen molar-refractivity contribution in [1.82, 2.24) is 0 Å². The van der Waals surface area contributed by atoms with E-state index in [1.807, 2.05) is 0 Å². The third-order valence-electron chi connectivity index (χ3n) is 14.0. The summed E-state index contributed by atoms with van der Waals surface area (Å²) in [7, 11) is 0. The molecule has 0 bridgehead atoms. The van der Waals surface area contributed by atoms with Gasteiger partial charge < -0.3 is 14.2 Å². The second-order valence-corrected chi connectivity index (χ2v) is 21.3. The highest BCUT2D eigenvalue weighted by molar-refractivity contribution is 5.70. The van der Waals surface area contributed by atoms with Gasteiger partial charge in [-0.15, -0.1) is 0 Å². The molecule has 0 radical (unpaired) electrons. The first-order chi connectivity index (χ1) is 35.6. The molecule has 0 aliphatic carbocycles. The fourth-order valence-corrected chi connectivity index (χ4v) is 9.26. The molecule has 5 heteroatoms. The predicted molar refractivity (Wildman–Crippen MR) is 316 cm³/mol. The molecule has 0 fully saturated rings. The maximum Gasteiger partial charge on any atom is 0.306 e. The van der Waals surface area contributed by atoms with E-state index < -0.39 is 6.10 Å². The van der Waals surface area contributed by atoms with Crippen molar-refractivity contribution in [3.05, 3.63) is 60.8 Å². The fraction of sp³-hybridized carbons (Fsp3) is 0.821. The van der Waals surface area contributed by atoms with E-state index in [2.05, 4.69) is 81.5 Å². The Labute approximate surface area is 449 Å². The molecule has 0 aliphatic heterocycles. The highest BCUT2D eigenvalue weighted by Gasteiger charge is 2.18. The standard InChI is InChI=1S/C67H122O5/c1-4-7-10-13-16-19-22-25-28-31-33-35-38-41-44-47-50-53-56-59-62-70-63-65(72-67(69)61-58-55-52-49-46-43-40-36-30-27-24-21-18-15-12-9-6-3)64-71-66(68)60-57-54-51-48-45-42-39-37-34-32-29-26-23-20-17-14-11-8-5-2/h16,18-19,21,25,27-28,30,33,35,65H,4-15,17,20,22-24,26,29,31-32,34,36-64H2,1-3H3/b19-16-,21-18-,28-25-,30-27-,35-33-. The Bertz CT molecular complexity index is 1230. The van der Waals surface area contributed by atoms with E-state index in [4.69, 9.17) is 14.2 Å². The average Bonchev–Trinajstić information content (AvgIpc) is 3.38. The van der Waals surface area contributed by atoms with Gasteiger partial charge in [0, 0.05) is 19.4 Å². The molecule has 0 spiro atoms. The van der Waals surface area contributed by atoms with Gasteiger partial charge in [0.15, 0.2) is 6.10 Å². The van der Waals surface area contributed by atoms with Gasteiger partial charge in [-0.2, -0.15) is 0 Å². The Morgan fingerprint density at radius 2 is 0.583 bits per heavy atom. The number of carbonyl (C=O) groups excluding carboxylic acids is 2. The molecule has 0 aliphatic rings. The van der Waals surface area contributed by atoms with Crippen molar-refractivity contribution in [2.24, 2.45) is 0 Å². The zero-order chi connectivity index (χ0) is 52.0. The Hall–Kier alpha value is -2.40. The van der Waals surface area contributed by atoms with Gasteiger partial charge in [-0.1, -0.05) is 287 Å². The van der Waals surface area contributed by atoms with E-state index in [1.165, 1.54) is 231 Å². The van der Waals surface area contributed by atoms with E-state index in [9.17, 15) is 9.59 Å². The van der Waals surface area contributed by atoms with Gasteiger partial charge in [-0.3, -0.25) is 9.59 Å². The minimum absolute atomic E-state index is 0.0807. The molecular formula is C67H122O5. The lowest BCUT2D eigenvalue weighted by molar-refractivity contribution is -0.163. The van der Waals surface area contributed by atoms with Crippen molar-refractivity contribution in [2.75, 3.05) is 19.8 Å². The summed E-state index contributed by atoms with van der Waals surface area (Å²) in [5.74, 6) is -0.394. The minimum atomic E-state index is -0.547. The normalized spacial score (nSPS) is 12.5. The number of hydrogen-bond donors (Lipinski definition) is 0. The number of ether oxygens (including phenoxy) is 3. The molecule has 0 heterocycles. The number of esters is 2. The highest BCUT2D eigenvalue weighted by Crippen LogP contribution is 2.17. The first-order valence-electron chi connectivity index (χ1n) is 31.8. The van der Waals surface area contributed by atoms with Crippen LogP contribution >= 0.6 is 0 Å². The van der Waals surface area contributed by atoms with Crippen LogP contribution in [0.4, 0.5) is 0 Å². The van der Waals surface area contributed by atoms with Crippen LogP contribution < -0.4 is 0 Å². The van der Waals surface area contributed by atoms with Crippen molar-refractivity contribution >= 4 is 11.9 Å². The number of allylic oxidation sites excluding steroid dienone is 10. The predicted octanol–water partition coefficient (Wildman–Crippen LogP) is 22.0. The Morgan fingerprint density at radius 3 is 0.958 bits per heavy atom. The molecule has 72 heavy (non-hydrogen) atoms. The van der Waals surface area contributed by atoms with Gasteiger partial charge in [0.25, 0.3) is 0 Å². The third kappa shape index (κ3) is 60.2. The molecule has 0 aromatic carbocycles. The highest BCUT2D eigenvalue weighted by atomic mass is 16.6. The van der Waals surface area contributed by atoms with Gasteiger partial charge in [0.05, 0.1) is 6.61 Å². The van der Waals surface area contributed by atoms with Gasteiger partial charge in [-0.05, 0) is 89.9 Å². The summed E-state index contributed by atoms with van der Waals surface area (Å²) in [5.41, 5.74) is 0. The summed E-state index contributed by atoms with van der Waals surface area (Å²) in [6.45, 7) is 7.81. The van der Waals surface area contributed by atoms with Crippen molar-refractivity contribution in [3.8, 4) is 0 Å². The number of hydrogen-bond acceptors (Lipinski definition) is 5. The topological polar surface area (TPSA) is 61.8 Å². The van der Waals surface area contributed by atoms with Crippen LogP contribution in [-0.4, -0.2) is 37.9 Å². The number of carbonyl (C=O) groups is 2. The Morgan fingerprint density at radius 1 is 0.306 bits per heavy atom. The number of rotatable bonds is 59. The average molecular weight is 1010 g/mol.